The molecule has 0 saturated carbocycles. The molecule has 0 aliphatic rings. The van der Waals surface area contributed by atoms with Gasteiger partial charge in [0.25, 0.3) is 0 Å². The minimum absolute atomic E-state index is 0.0923. The van der Waals surface area contributed by atoms with Crippen LogP contribution in [0.25, 0.3) is 0 Å². The standard InChI is InChI=1S/C14H17N3O2S/c1-3-12(13(18)17-14-15-7-8-20-14)16-10-5-4-6-11(9-10)19-2/h4-9,12,16H,3H2,1-2H3,(H,15,17,18)/t12-/m0/s1. The molecule has 0 bridgehead atoms. The van der Waals surface area contributed by atoms with Crippen LogP contribution < -0.4 is 15.4 Å². The second-order valence-corrected chi connectivity index (χ2v) is 5.06. The summed E-state index contributed by atoms with van der Waals surface area (Å²) in [6, 6.07) is 7.20. The number of amides is 1. The molecular weight excluding hydrogens is 274 g/mol. The van der Waals surface area contributed by atoms with E-state index >= 15 is 0 Å². The summed E-state index contributed by atoms with van der Waals surface area (Å²) in [5.41, 5.74) is 0.852. The van der Waals surface area contributed by atoms with Gasteiger partial charge in [-0.3, -0.25) is 4.79 Å². The number of benzene rings is 1. The number of carbonyl (C=O) groups is 1. The summed E-state index contributed by atoms with van der Waals surface area (Å²) in [6.07, 6.45) is 2.34. The molecule has 1 atom stereocenters. The molecule has 2 aromatic rings. The van der Waals surface area contributed by atoms with Crippen molar-refractivity contribution in [3.63, 3.8) is 0 Å². The number of nitrogens with one attached hydrogen (secondary N) is 2. The highest BCUT2D eigenvalue weighted by Gasteiger charge is 2.17. The van der Waals surface area contributed by atoms with Gasteiger partial charge < -0.3 is 15.4 Å². The third kappa shape index (κ3) is 3.71. The summed E-state index contributed by atoms with van der Waals surface area (Å²) >= 11 is 1.40. The highest BCUT2D eigenvalue weighted by atomic mass is 32.1. The van der Waals surface area contributed by atoms with Crippen molar-refractivity contribution in [2.45, 2.75) is 19.4 Å². The fourth-order valence-corrected chi connectivity index (χ4v) is 2.28. The molecule has 6 heteroatoms. The van der Waals surface area contributed by atoms with Crippen LogP contribution in [0, 0.1) is 0 Å². The summed E-state index contributed by atoms with van der Waals surface area (Å²) < 4.78 is 5.17. The van der Waals surface area contributed by atoms with Crippen molar-refractivity contribution in [2.24, 2.45) is 0 Å². The fourth-order valence-electron chi connectivity index (χ4n) is 1.74. The average molecular weight is 291 g/mol. The third-order valence-corrected chi connectivity index (χ3v) is 3.49. The van der Waals surface area contributed by atoms with E-state index < -0.39 is 0 Å². The van der Waals surface area contributed by atoms with Gasteiger partial charge in [-0.15, -0.1) is 11.3 Å². The molecule has 0 aliphatic heterocycles. The largest absolute Gasteiger partial charge is 0.497 e. The second-order valence-electron chi connectivity index (χ2n) is 4.16. The predicted octanol–water partition coefficient (Wildman–Crippen LogP) is 2.98. The SMILES string of the molecule is CC[C@H](Nc1cccc(OC)c1)C(=O)Nc1nccs1. The van der Waals surface area contributed by atoms with Crippen molar-refractivity contribution >= 4 is 28.1 Å². The number of ether oxygens (including phenoxy) is 1. The minimum Gasteiger partial charge on any atom is -0.497 e. The molecule has 20 heavy (non-hydrogen) atoms. The van der Waals surface area contributed by atoms with Gasteiger partial charge >= 0.3 is 0 Å². The molecule has 0 saturated heterocycles. The van der Waals surface area contributed by atoms with Gasteiger partial charge in [0.15, 0.2) is 5.13 Å². The smallest absolute Gasteiger partial charge is 0.248 e. The van der Waals surface area contributed by atoms with Crippen molar-refractivity contribution in [2.75, 3.05) is 17.7 Å². The summed E-state index contributed by atoms with van der Waals surface area (Å²) in [4.78, 5) is 16.2. The van der Waals surface area contributed by atoms with E-state index in [1.54, 1.807) is 13.3 Å². The lowest BCUT2D eigenvalue weighted by atomic mass is 10.2. The Balaban J connectivity index is 2.02. The van der Waals surface area contributed by atoms with Gasteiger partial charge in [-0.25, -0.2) is 4.98 Å². The Kier molecular flexibility index (Phi) is 4.95. The molecule has 0 unspecified atom stereocenters. The summed E-state index contributed by atoms with van der Waals surface area (Å²) in [5.74, 6) is 0.662. The molecule has 1 aromatic carbocycles. The molecule has 2 rings (SSSR count). The van der Waals surface area contributed by atoms with E-state index in [1.807, 2.05) is 36.6 Å². The zero-order valence-corrected chi connectivity index (χ0v) is 12.2. The maximum atomic E-state index is 12.2. The van der Waals surface area contributed by atoms with Crippen LogP contribution in [0.3, 0.4) is 0 Å². The molecule has 1 heterocycles. The van der Waals surface area contributed by atoms with Crippen molar-refractivity contribution < 1.29 is 9.53 Å². The molecule has 0 fully saturated rings. The van der Waals surface area contributed by atoms with E-state index in [9.17, 15) is 4.79 Å². The molecule has 1 amide bonds. The lowest BCUT2D eigenvalue weighted by Crippen LogP contribution is -2.34. The summed E-state index contributed by atoms with van der Waals surface area (Å²) in [5, 5.41) is 8.43. The van der Waals surface area contributed by atoms with Gasteiger partial charge in [0.2, 0.25) is 5.91 Å². The molecule has 1 aromatic heterocycles. The number of hydrogen-bond acceptors (Lipinski definition) is 5. The second kappa shape index (κ2) is 6.91. The quantitative estimate of drug-likeness (QED) is 0.859. The monoisotopic (exact) mass is 291 g/mol. The topological polar surface area (TPSA) is 63.2 Å². The Morgan fingerprint density at radius 3 is 3.00 bits per heavy atom. The van der Waals surface area contributed by atoms with Crippen molar-refractivity contribution in [3.8, 4) is 5.75 Å². The van der Waals surface area contributed by atoms with Crippen LogP contribution >= 0.6 is 11.3 Å². The number of aromatic nitrogens is 1. The number of nitrogens with zero attached hydrogens (tertiary/aromatic N) is 1. The first-order valence-electron chi connectivity index (χ1n) is 6.34. The first-order chi connectivity index (χ1) is 9.72. The van der Waals surface area contributed by atoms with Crippen LogP contribution in [0.1, 0.15) is 13.3 Å². The average Bonchev–Trinajstić information content (AvgIpc) is 2.97. The number of carbonyl (C=O) groups excluding carboxylic acids is 1. The fraction of sp³-hybridized carbons (Fsp3) is 0.286. The van der Waals surface area contributed by atoms with Crippen LogP contribution in [0.2, 0.25) is 0 Å². The Morgan fingerprint density at radius 2 is 2.35 bits per heavy atom. The number of hydrogen-bond donors (Lipinski definition) is 2. The van der Waals surface area contributed by atoms with Crippen molar-refractivity contribution in [1.29, 1.82) is 0 Å². The molecule has 5 nitrogen and oxygen atoms in total. The number of thiazole rings is 1. The number of anilines is 2. The third-order valence-electron chi connectivity index (χ3n) is 2.80. The van der Waals surface area contributed by atoms with E-state index in [4.69, 9.17) is 4.74 Å². The van der Waals surface area contributed by atoms with E-state index in [0.29, 0.717) is 11.6 Å². The first kappa shape index (κ1) is 14.3. The van der Waals surface area contributed by atoms with E-state index in [-0.39, 0.29) is 11.9 Å². The van der Waals surface area contributed by atoms with Gasteiger partial charge in [-0.1, -0.05) is 13.0 Å². The molecule has 106 valence electrons. The van der Waals surface area contributed by atoms with Crippen LogP contribution in [0.15, 0.2) is 35.8 Å². The number of rotatable bonds is 6. The maximum absolute atomic E-state index is 12.2. The molecule has 0 spiro atoms. The van der Waals surface area contributed by atoms with Crippen LogP contribution in [0.5, 0.6) is 5.75 Å². The zero-order chi connectivity index (χ0) is 14.4. The summed E-state index contributed by atoms with van der Waals surface area (Å²) in [6.45, 7) is 1.96. The lowest BCUT2D eigenvalue weighted by molar-refractivity contribution is -0.116. The van der Waals surface area contributed by atoms with Crippen LogP contribution in [-0.4, -0.2) is 24.0 Å². The summed E-state index contributed by atoms with van der Waals surface area (Å²) in [7, 11) is 1.62. The minimum atomic E-state index is -0.314. The predicted molar refractivity (Wildman–Crippen MR) is 81.4 cm³/mol. The van der Waals surface area contributed by atoms with Crippen LogP contribution in [-0.2, 0) is 4.79 Å². The molecule has 0 aliphatic carbocycles. The highest BCUT2D eigenvalue weighted by Crippen LogP contribution is 2.19. The van der Waals surface area contributed by atoms with E-state index in [2.05, 4.69) is 15.6 Å². The highest BCUT2D eigenvalue weighted by molar-refractivity contribution is 7.13. The molecular formula is C14H17N3O2S. The first-order valence-corrected chi connectivity index (χ1v) is 7.22. The Bertz CT molecular complexity index is 557. The van der Waals surface area contributed by atoms with E-state index in [0.717, 1.165) is 11.4 Å². The van der Waals surface area contributed by atoms with Gasteiger partial charge in [-0.05, 0) is 18.6 Å². The Labute approximate surface area is 122 Å². The van der Waals surface area contributed by atoms with Crippen molar-refractivity contribution in [3.05, 3.63) is 35.8 Å². The van der Waals surface area contributed by atoms with Crippen LogP contribution in [0.4, 0.5) is 10.8 Å². The van der Waals surface area contributed by atoms with Gasteiger partial charge in [0, 0.05) is 23.3 Å². The number of methoxy groups -OCH3 is 1. The lowest BCUT2D eigenvalue weighted by Gasteiger charge is -2.17. The Hall–Kier alpha value is -2.08. The van der Waals surface area contributed by atoms with E-state index in [1.165, 1.54) is 11.3 Å². The zero-order valence-electron chi connectivity index (χ0n) is 11.4. The van der Waals surface area contributed by atoms with Gasteiger partial charge in [0.1, 0.15) is 11.8 Å². The molecule has 2 N–H and O–H groups in total. The van der Waals surface area contributed by atoms with Gasteiger partial charge in [0.05, 0.1) is 7.11 Å². The van der Waals surface area contributed by atoms with Crippen molar-refractivity contribution in [1.82, 2.24) is 4.98 Å². The molecule has 0 radical (unpaired) electrons. The van der Waals surface area contributed by atoms with Gasteiger partial charge in [-0.2, -0.15) is 0 Å². The Morgan fingerprint density at radius 1 is 1.50 bits per heavy atom. The normalized spacial score (nSPS) is 11.7. The maximum Gasteiger partial charge on any atom is 0.248 e.